The molecule has 0 saturated carbocycles. The van der Waals surface area contributed by atoms with Crippen LogP contribution in [-0.4, -0.2) is 23.0 Å². The number of hydrogen-bond donors (Lipinski definition) is 2. The molecule has 0 unspecified atom stereocenters. The second-order valence-corrected chi connectivity index (χ2v) is 4.72. The van der Waals surface area contributed by atoms with E-state index in [4.69, 9.17) is 0 Å². The van der Waals surface area contributed by atoms with E-state index in [9.17, 15) is 4.79 Å². The largest absolute Gasteiger partial charge is 0.325 e. The molecule has 1 rings (SSSR count). The first-order chi connectivity index (χ1) is 7.47. The Bertz CT molecular complexity index is 330. The molecule has 4 nitrogen and oxygen atoms in total. The molecule has 0 aliphatic rings. The Labute approximate surface area is 96.5 Å². The molecule has 0 radical (unpaired) electrons. The summed E-state index contributed by atoms with van der Waals surface area (Å²) in [6, 6.07) is 3.62. The maximum absolute atomic E-state index is 11.5. The van der Waals surface area contributed by atoms with Crippen molar-refractivity contribution in [2.45, 2.75) is 32.7 Å². The van der Waals surface area contributed by atoms with E-state index in [2.05, 4.69) is 36.4 Å². The van der Waals surface area contributed by atoms with Crippen LogP contribution in [0.2, 0.25) is 0 Å². The molecule has 0 bridgehead atoms. The van der Waals surface area contributed by atoms with E-state index in [1.165, 1.54) is 0 Å². The highest BCUT2D eigenvalue weighted by Gasteiger charge is 2.09. The van der Waals surface area contributed by atoms with Crippen molar-refractivity contribution in [3.63, 3.8) is 0 Å². The highest BCUT2D eigenvalue weighted by molar-refractivity contribution is 5.90. The van der Waals surface area contributed by atoms with Crippen LogP contribution in [0.5, 0.6) is 0 Å². The maximum atomic E-state index is 11.5. The van der Waals surface area contributed by atoms with Crippen LogP contribution in [0.15, 0.2) is 24.5 Å². The predicted octanol–water partition coefficient (Wildman–Crippen LogP) is 1.80. The molecule has 4 heteroatoms. The third-order valence-electron chi connectivity index (χ3n) is 1.95. The SMILES string of the molecule is CC(C)(C)NCCC(=O)Nc1cccnc1. The van der Waals surface area contributed by atoms with Gasteiger partial charge >= 0.3 is 0 Å². The number of anilines is 1. The first-order valence-corrected chi connectivity index (χ1v) is 5.42. The van der Waals surface area contributed by atoms with Crippen LogP contribution in [-0.2, 0) is 4.79 Å². The van der Waals surface area contributed by atoms with Gasteiger partial charge in [-0.05, 0) is 32.9 Å². The number of amides is 1. The summed E-state index contributed by atoms with van der Waals surface area (Å²) in [5.41, 5.74) is 0.789. The first kappa shape index (κ1) is 12.6. The van der Waals surface area contributed by atoms with Gasteiger partial charge in [-0.1, -0.05) is 0 Å². The normalized spacial score (nSPS) is 11.2. The number of nitrogens with one attached hydrogen (secondary N) is 2. The van der Waals surface area contributed by atoms with Crippen LogP contribution < -0.4 is 10.6 Å². The Morgan fingerprint density at radius 2 is 2.19 bits per heavy atom. The van der Waals surface area contributed by atoms with Crippen LogP contribution in [0.4, 0.5) is 5.69 Å². The van der Waals surface area contributed by atoms with Crippen LogP contribution in [0.3, 0.4) is 0 Å². The summed E-state index contributed by atoms with van der Waals surface area (Å²) in [6.07, 6.45) is 3.78. The molecule has 0 atom stereocenters. The minimum Gasteiger partial charge on any atom is -0.325 e. The molecule has 88 valence electrons. The first-order valence-electron chi connectivity index (χ1n) is 5.42. The second-order valence-electron chi connectivity index (χ2n) is 4.72. The Kier molecular flexibility index (Phi) is 4.43. The van der Waals surface area contributed by atoms with Gasteiger partial charge in [0.2, 0.25) is 5.91 Å². The topological polar surface area (TPSA) is 54.0 Å². The van der Waals surface area contributed by atoms with Crippen molar-refractivity contribution in [1.29, 1.82) is 0 Å². The van der Waals surface area contributed by atoms with Crippen molar-refractivity contribution in [1.82, 2.24) is 10.3 Å². The van der Waals surface area contributed by atoms with Crippen LogP contribution >= 0.6 is 0 Å². The molecule has 0 aliphatic heterocycles. The fraction of sp³-hybridized carbons (Fsp3) is 0.500. The molecule has 16 heavy (non-hydrogen) atoms. The Morgan fingerprint density at radius 1 is 1.44 bits per heavy atom. The summed E-state index contributed by atoms with van der Waals surface area (Å²) in [5, 5.41) is 6.05. The summed E-state index contributed by atoms with van der Waals surface area (Å²) in [7, 11) is 0. The molecular weight excluding hydrogens is 202 g/mol. The Hall–Kier alpha value is -1.42. The van der Waals surface area contributed by atoms with Crippen LogP contribution in [0, 0.1) is 0 Å². The van der Waals surface area contributed by atoms with Crippen molar-refractivity contribution in [2.24, 2.45) is 0 Å². The fourth-order valence-corrected chi connectivity index (χ4v) is 1.21. The lowest BCUT2D eigenvalue weighted by Crippen LogP contribution is -2.37. The van der Waals surface area contributed by atoms with Gasteiger partial charge in [0.15, 0.2) is 0 Å². The molecule has 2 N–H and O–H groups in total. The monoisotopic (exact) mass is 221 g/mol. The average Bonchev–Trinajstić information content (AvgIpc) is 2.17. The average molecular weight is 221 g/mol. The molecule has 0 spiro atoms. The summed E-state index contributed by atoms with van der Waals surface area (Å²) < 4.78 is 0. The number of carbonyl (C=O) groups is 1. The van der Waals surface area contributed by atoms with Gasteiger partial charge in [0, 0.05) is 24.7 Å². The summed E-state index contributed by atoms with van der Waals surface area (Å²) in [6.45, 7) is 6.90. The lowest BCUT2D eigenvalue weighted by Gasteiger charge is -2.20. The quantitative estimate of drug-likeness (QED) is 0.815. The Balaban J connectivity index is 2.27. The standard InChI is InChI=1S/C12H19N3O/c1-12(2,3)14-8-6-11(16)15-10-5-4-7-13-9-10/h4-5,7,9,14H,6,8H2,1-3H3,(H,15,16). The smallest absolute Gasteiger partial charge is 0.225 e. The van der Waals surface area contributed by atoms with Crippen molar-refractivity contribution >= 4 is 11.6 Å². The van der Waals surface area contributed by atoms with Gasteiger partial charge in [-0.15, -0.1) is 0 Å². The molecule has 0 saturated heterocycles. The predicted molar refractivity (Wildman–Crippen MR) is 65.2 cm³/mol. The molecule has 0 aliphatic carbocycles. The number of carbonyl (C=O) groups excluding carboxylic acids is 1. The zero-order valence-corrected chi connectivity index (χ0v) is 10.1. The van der Waals surface area contributed by atoms with Gasteiger partial charge in [-0.2, -0.15) is 0 Å². The molecule has 1 aromatic heterocycles. The lowest BCUT2D eigenvalue weighted by atomic mass is 10.1. The number of nitrogens with zero attached hydrogens (tertiary/aromatic N) is 1. The van der Waals surface area contributed by atoms with Gasteiger partial charge < -0.3 is 10.6 Å². The maximum Gasteiger partial charge on any atom is 0.225 e. The summed E-state index contributed by atoms with van der Waals surface area (Å²) in [4.78, 5) is 15.4. The highest BCUT2D eigenvalue weighted by atomic mass is 16.1. The molecule has 1 amide bonds. The number of rotatable bonds is 4. The summed E-state index contributed by atoms with van der Waals surface area (Å²) in [5.74, 6) is 0.00440. The van der Waals surface area contributed by atoms with Gasteiger partial charge in [0.25, 0.3) is 0 Å². The molecular formula is C12H19N3O. The number of pyridine rings is 1. The van der Waals surface area contributed by atoms with E-state index in [0.717, 1.165) is 5.69 Å². The number of aromatic nitrogens is 1. The third-order valence-corrected chi connectivity index (χ3v) is 1.95. The van der Waals surface area contributed by atoms with Crippen molar-refractivity contribution in [3.05, 3.63) is 24.5 Å². The molecule has 0 fully saturated rings. The lowest BCUT2D eigenvalue weighted by molar-refractivity contribution is -0.116. The fourth-order valence-electron chi connectivity index (χ4n) is 1.21. The molecule has 1 heterocycles. The minimum absolute atomic E-state index is 0.00440. The zero-order valence-electron chi connectivity index (χ0n) is 10.1. The van der Waals surface area contributed by atoms with Crippen molar-refractivity contribution in [3.8, 4) is 0 Å². The summed E-state index contributed by atoms with van der Waals surface area (Å²) >= 11 is 0. The van der Waals surface area contributed by atoms with Crippen molar-refractivity contribution in [2.75, 3.05) is 11.9 Å². The van der Waals surface area contributed by atoms with E-state index >= 15 is 0 Å². The third kappa shape index (κ3) is 5.46. The zero-order chi connectivity index (χ0) is 12.0. The van der Waals surface area contributed by atoms with Gasteiger partial charge in [-0.25, -0.2) is 0 Å². The van der Waals surface area contributed by atoms with E-state index in [1.54, 1.807) is 18.5 Å². The molecule has 0 aromatic carbocycles. The highest BCUT2D eigenvalue weighted by Crippen LogP contribution is 2.03. The minimum atomic E-state index is 0.00440. The van der Waals surface area contributed by atoms with Gasteiger partial charge in [0.05, 0.1) is 11.9 Å². The second kappa shape index (κ2) is 5.61. The van der Waals surface area contributed by atoms with Crippen LogP contribution in [0.25, 0.3) is 0 Å². The van der Waals surface area contributed by atoms with Crippen LogP contribution in [0.1, 0.15) is 27.2 Å². The van der Waals surface area contributed by atoms with Gasteiger partial charge in [-0.3, -0.25) is 9.78 Å². The van der Waals surface area contributed by atoms with Gasteiger partial charge in [0.1, 0.15) is 0 Å². The number of hydrogen-bond acceptors (Lipinski definition) is 3. The van der Waals surface area contributed by atoms with E-state index in [1.807, 2.05) is 6.07 Å². The van der Waals surface area contributed by atoms with Crippen molar-refractivity contribution < 1.29 is 4.79 Å². The van der Waals surface area contributed by atoms with E-state index in [0.29, 0.717) is 13.0 Å². The molecule has 1 aromatic rings. The Morgan fingerprint density at radius 3 is 2.75 bits per heavy atom. The van der Waals surface area contributed by atoms with E-state index < -0.39 is 0 Å². The van der Waals surface area contributed by atoms with E-state index in [-0.39, 0.29) is 11.4 Å².